The molecule has 0 radical (unpaired) electrons. The second-order valence-corrected chi connectivity index (χ2v) is 4.87. The van der Waals surface area contributed by atoms with Gasteiger partial charge in [-0.3, -0.25) is 0 Å². The average molecular weight is 268 g/mol. The zero-order chi connectivity index (χ0) is 13.3. The highest BCUT2D eigenvalue weighted by atomic mass is 35.5. The molecule has 0 aliphatic rings. The van der Waals surface area contributed by atoms with Gasteiger partial charge in [-0.1, -0.05) is 11.6 Å². The van der Waals surface area contributed by atoms with Crippen molar-refractivity contribution in [3.63, 3.8) is 0 Å². The largest absolute Gasteiger partial charge is 0.328 e. The lowest BCUT2D eigenvalue weighted by atomic mass is 10.1. The standard InChI is InChI=1S/C13H15ClFN3/c1-8(16)5-10-6-11(15)3-4-13(10)18-7-12(14)9(2)17-18/h3-4,6-8H,5,16H2,1-2H3. The molecular formula is C13H15ClFN3. The summed E-state index contributed by atoms with van der Waals surface area (Å²) in [4.78, 5) is 0. The Morgan fingerprint density at radius 3 is 2.78 bits per heavy atom. The molecule has 1 atom stereocenters. The van der Waals surface area contributed by atoms with Crippen LogP contribution < -0.4 is 5.73 Å². The fraction of sp³-hybridized carbons (Fsp3) is 0.308. The van der Waals surface area contributed by atoms with Crippen LogP contribution in [0.4, 0.5) is 4.39 Å². The molecular weight excluding hydrogens is 253 g/mol. The molecule has 1 heterocycles. The molecule has 0 fully saturated rings. The Morgan fingerprint density at radius 2 is 2.22 bits per heavy atom. The molecule has 0 bridgehead atoms. The molecule has 2 aromatic rings. The molecule has 0 spiro atoms. The molecule has 96 valence electrons. The van der Waals surface area contributed by atoms with Crippen LogP contribution >= 0.6 is 11.6 Å². The van der Waals surface area contributed by atoms with Crippen molar-refractivity contribution in [2.24, 2.45) is 5.73 Å². The fourth-order valence-electron chi connectivity index (χ4n) is 1.85. The van der Waals surface area contributed by atoms with Gasteiger partial charge in [0, 0.05) is 12.2 Å². The Hall–Kier alpha value is -1.39. The first-order valence-corrected chi connectivity index (χ1v) is 6.11. The Labute approximate surface area is 110 Å². The van der Waals surface area contributed by atoms with Crippen LogP contribution in [-0.2, 0) is 6.42 Å². The molecule has 0 aliphatic carbocycles. The van der Waals surface area contributed by atoms with E-state index in [0.29, 0.717) is 11.4 Å². The van der Waals surface area contributed by atoms with Crippen molar-refractivity contribution in [2.75, 3.05) is 0 Å². The number of nitrogens with two attached hydrogens (primary N) is 1. The lowest BCUT2D eigenvalue weighted by Crippen LogP contribution is -2.19. The molecule has 0 saturated carbocycles. The molecule has 18 heavy (non-hydrogen) atoms. The number of aryl methyl sites for hydroxylation is 1. The quantitative estimate of drug-likeness (QED) is 0.929. The summed E-state index contributed by atoms with van der Waals surface area (Å²) >= 11 is 5.99. The van der Waals surface area contributed by atoms with Gasteiger partial charge in [0.2, 0.25) is 0 Å². The predicted octanol–water partition coefficient (Wildman–Crippen LogP) is 2.86. The van der Waals surface area contributed by atoms with E-state index in [1.54, 1.807) is 16.9 Å². The second-order valence-electron chi connectivity index (χ2n) is 4.46. The minimum absolute atomic E-state index is 0.0438. The molecule has 3 nitrogen and oxygen atoms in total. The molecule has 1 aromatic heterocycles. The van der Waals surface area contributed by atoms with Crippen molar-refractivity contribution in [1.82, 2.24) is 9.78 Å². The van der Waals surface area contributed by atoms with E-state index in [2.05, 4.69) is 5.10 Å². The van der Waals surface area contributed by atoms with E-state index in [1.807, 2.05) is 13.8 Å². The highest BCUT2D eigenvalue weighted by Gasteiger charge is 2.11. The summed E-state index contributed by atoms with van der Waals surface area (Å²) in [7, 11) is 0. The van der Waals surface area contributed by atoms with E-state index in [4.69, 9.17) is 17.3 Å². The first-order chi connectivity index (χ1) is 8.47. The summed E-state index contributed by atoms with van der Waals surface area (Å²) in [5, 5.41) is 4.89. The van der Waals surface area contributed by atoms with Crippen molar-refractivity contribution in [2.45, 2.75) is 26.3 Å². The number of aromatic nitrogens is 2. The molecule has 2 N–H and O–H groups in total. The van der Waals surface area contributed by atoms with E-state index in [0.717, 1.165) is 16.9 Å². The Kier molecular flexibility index (Phi) is 3.68. The second kappa shape index (κ2) is 5.08. The van der Waals surface area contributed by atoms with Crippen LogP contribution in [0.15, 0.2) is 24.4 Å². The third-order valence-electron chi connectivity index (χ3n) is 2.67. The van der Waals surface area contributed by atoms with Gasteiger partial charge in [0.15, 0.2) is 0 Å². The zero-order valence-corrected chi connectivity index (χ0v) is 11.1. The molecule has 5 heteroatoms. The third-order valence-corrected chi connectivity index (χ3v) is 3.04. The van der Waals surface area contributed by atoms with Gasteiger partial charge in [-0.25, -0.2) is 9.07 Å². The zero-order valence-electron chi connectivity index (χ0n) is 10.3. The predicted molar refractivity (Wildman–Crippen MR) is 70.6 cm³/mol. The van der Waals surface area contributed by atoms with Gasteiger partial charge >= 0.3 is 0 Å². The Bertz CT molecular complexity index is 544. The molecule has 0 amide bonds. The monoisotopic (exact) mass is 267 g/mol. The summed E-state index contributed by atoms with van der Waals surface area (Å²) in [6.07, 6.45) is 2.30. The van der Waals surface area contributed by atoms with E-state index >= 15 is 0 Å². The van der Waals surface area contributed by atoms with Crippen LogP contribution in [0, 0.1) is 12.7 Å². The number of hydrogen-bond donors (Lipinski definition) is 1. The highest BCUT2D eigenvalue weighted by molar-refractivity contribution is 6.31. The number of nitrogens with zero attached hydrogens (tertiary/aromatic N) is 2. The van der Waals surface area contributed by atoms with E-state index in [9.17, 15) is 4.39 Å². The summed E-state index contributed by atoms with van der Waals surface area (Å²) < 4.78 is 15.0. The summed E-state index contributed by atoms with van der Waals surface area (Å²) in [5.41, 5.74) is 8.15. The normalized spacial score (nSPS) is 12.7. The van der Waals surface area contributed by atoms with Gasteiger partial charge in [-0.15, -0.1) is 0 Å². The lowest BCUT2D eigenvalue weighted by molar-refractivity contribution is 0.621. The minimum atomic E-state index is -0.274. The van der Waals surface area contributed by atoms with Gasteiger partial charge < -0.3 is 5.73 Å². The van der Waals surface area contributed by atoms with Crippen LogP contribution in [-0.4, -0.2) is 15.8 Å². The lowest BCUT2D eigenvalue weighted by Gasteiger charge is -2.11. The number of benzene rings is 1. The van der Waals surface area contributed by atoms with Gasteiger partial charge in [-0.05, 0) is 44.0 Å². The van der Waals surface area contributed by atoms with Crippen LogP contribution in [0.1, 0.15) is 18.2 Å². The molecule has 1 aromatic carbocycles. The fourth-order valence-corrected chi connectivity index (χ4v) is 1.98. The SMILES string of the molecule is Cc1nn(-c2ccc(F)cc2CC(C)N)cc1Cl. The van der Waals surface area contributed by atoms with Gasteiger partial charge in [0.05, 0.1) is 16.4 Å². The summed E-state index contributed by atoms with van der Waals surface area (Å²) in [6.45, 7) is 3.71. The maximum Gasteiger partial charge on any atom is 0.123 e. The van der Waals surface area contributed by atoms with E-state index in [-0.39, 0.29) is 11.9 Å². The highest BCUT2D eigenvalue weighted by Crippen LogP contribution is 2.21. The maximum absolute atomic E-state index is 13.3. The molecule has 0 aliphatic heterocycles. The van der Waals surface area contributed by atoms with Crippen molar-refractivity contribution >= 4 is 11.6 Å². The van der Waals surface area contributed by atoms with E-state index < -0.39 is 0 Å². The molecule has 2 rings (SSSR count). The number of hydrogen-bond acceptors (Lipinski definition) is 2. The van der Waals surface area contributed by atoms with E-state index in [1.165, 1.54) is 12.1 Å². The van der Waals surface area contributed by atoms with Gasteiger partial charge in [-0.2, -0.15) is 5.10 Å². The van der Waals surface area contributed by atoms with Crippen molar-refractivity contribution in [3.8, 4) is 5.69 Å². The Balaban J connectivity index is 2.49. The van der Waals surface area contributed by atoms with Gasteiger partial charge in [0.25, 0.3) is 0 Å². The molecule has 1 unspecified atom stereocenters. The van der Waals surface area contributed by atoms with Crippen molar-refractivity contribution in [3.05, 3.63) is 46.5 Å². The van der Waals surface area contributed by atoms with Crippen LogP contribution in [0.3, 0.4) is 0 Å². The number of rotatable bonds is 3. The Morgan fingerprint density at radius 1 is 1.50 bits per heavy atom. The minimum Gasteiger partial charge on any atom is -0.328 e. The average Bonchev–Trinajstić information content (AvgIpc) is 2.58. The summed E-state index contributed by atoms with van der Waals surface area (Å²) in [6, 6.07) is 4.54. The number of halogens is 2. The summed E-state index contributed by atoms with van der Waals surface area (Å²) in [5.74, 6) is -0.274. The van der Waals surface area contributed by atoms with Crippen molar-refractivity contribution in [1.29, 1.82) is 0 Å². The first kappa shape index (κ1) is 13.1. The third kappa shape index (κ3) is 2.71. The topological polar surface area (TPSA) is 43.8 Å². The van der Waals surface area contributed by atoms with Crippen LogP contribution in [0.5, 0.6) is 0 Å². The van der Waals surface area contributed by atoms with Crippen LogP contribution in [0.25, 0.3) is 5.69 Å². The van der Waals surface area contributed by atoms with Gasteiger partial charge in [0.1, 0.15) is 5.82 Å². The molecule has 0 saturated heterocycles. The smallest absolute Gasteiger partial charge is 0.123 e. The van der Waals surface area contributed by atoms with Crippen LogP contribution in [0.2, 0.25) is 5.02 Å². The maximum atomic E-state index is 13.3. The van der Waals surface area contributed by atoms with Crippen molar-refractivity contribution < 1.29 is 4.39 Å². The first-order valence-electron chi connectivity index (χ1n) is 5.73.